The first kappa shape index (κ1) is 24.8. The van der Waals surface area contributed by atoms with Gasteiger partial charge in [0, 0.05) is 12.1 Å². The molecule has 0 aliphatic heterocycles. The SMILES string of the molecule is CCCNC(=O)c1ccccc1NC(=S)NC(=O)c1ccc(OCCC(C)C)c(Br)c1. The van der Waals surface area contributed by atoms with E-state index < -0.39 is 0 Å². The van der Waals surface area contributed by atoms with Gasteiger partial charge < -0.3 is 15.4 Å². The van der Waals surface area contributed by atoms with Gasteiger partial charge in [0.15, 0.2) is 5.11 Å². The van der Waals surface area contributed by atoms with Crippen LogP contribution in [0.3, 0.4) is 0 Å². The van der Waals surface area contributed by atoms with Gasteiger partial charge in [0.2, 0.25) is 0 Å². The van der Waals surface area contributed by atoms with Crippen molar-refractivity contribution in [3.63, 3.8) is 0 Å². The molecule has 0 unspecified atom stereocenters. The van der Waals surface area contributed by atoms with Crippen molar-refractivity contribution < 1.29 is 14.3 Å². The largest absolute Gasteiger partial charge is 0.492 e. The van der Waals surface area contributed by atoms with Crippen LogP contribution in [0.5, 0.6) is 5.75 Å². The van der Waals surface area contributed by atoms with Gasteiger partial charge in [0.1, 0.15) is 5.75 Å². The van der Waals surface area contributed by atoms with E-state index in [2.05, 4.69) is 45.7 Å². The number of hydrogen-bond acceptors (Lipinski definition) is 4. The fourth-order valence-electron chi connectivity index (χ4n) is 2.62. The number of amides is 2. The van der Waals surface area contributed by atoms with Gasteiger partial charge in [-0.3, -0.25) is 14.9 Å². The molecule has 0 saturated carbocycles. The van der Waals surface area contributed by atoms with E-state index in [1.807, 2.05) is 6.92 Å². The first-order valence-corrected chi connectivity index (χ1v) is 11.4. The first-order valence-electron chi connectivity index (χ1n) is 10.2. The first-order chi connectivity index (χ1) is 14.8. The molecule has 2 aromatic carbocycles. The Morgan fingerprint density at radius 1 is 1.13 bits per heavy atom. The molecule has 0 radical (unpaired) electrons. The standard InChI is InChI=1S/C23H28BrN3O3S/c1-4-12-25-22(29)17-7-5-6-8-19(17)26-23(31)27-21(28)16-9-10-20(18(24)14-16)30-13-11-15(2)3/h5-10,14-15H,4,11-13H2,1-3H3,(H,25,29)(H2,26,27,28,31). The predicted molar refractivity (Wildman–Crippen MR) is 132 cm³/mol. The molecule has 0 fully saturated rings. The van der Waals surface area contributed by atoms with E-state index in [-0.39, 0.29) is 16.9 Å². The second-order valence-electron chi connectivity index (χ2n) is 7.39. The maximum absolute atomic E-state index is 12.6. The number of rotatable bonds is 9. The van der Waals surface area contributed by atoms with Gasteiger partial charge in [0.05, 0.1) is 22.3 Å². The van der Waals surface area contributed by atoms with Crippen LogP contribution in [0.15, 0.2) is 46.9 Å². The topological polar surface area (TPSA) is 79.5 Å². The van der Waals surface area contributed by atoms with E-state index in [0.717, 1.165) is 12.8 Å². The number of ether oxygens (including phenoxy) is 1. The molecule has 0 bridgehead atoms. The number of carbonyl (C=O) groups is 2. The Morgan fingerprint density at radius 2 is 1.87 bits per heavy atom. The molecule has 0 saturated heterocycles. The lowest BCUT2D eigenvalue weighted by molar-refractivity contribution is 0.0952. The average Bonchev–Trinajstić information content (AvgIpc) is 2.73. The highest BCUT2D eigenvalue weighted by molar-refractivity contribution is 9.10. The third-order valence-corrected chi connectivity index (χ3v) is 5.15. The van der Waals surface area contributed by atoms with Crippen molar-refractivity contribution >= 4 is 50.8 Å². The molecular weight excluding hydrogens is 478 g/mol. The minimum atomic E-state index is -0.361. The van der Waals surface area contributed by atoms with Gasteiger partial charge in [-0.05, 0) is 77.2 Å². The van der Waals surface area contributed by atoms with E-state index >= 15 is 0 Å². The van der Waals surface area contributed by atoms with Crippen molar-refractivity contribution in [2.45, 2.75) is 33.6 Å². The van der Waals surface area contributed by atoms with E-state index in [1.54, 1.807) is 42.5 Å². The van der Waals surface area contributed by atoms with Crippen LogP contribution in [0.2, 0.25) is 0 Å². The molecule has 166 valence electrons. The highest BCUT2D eigenvalue weighted by Crippen LogP contribution is 2.26. The summed E-state index contributed by atoms with van der Waals surface area (Å²) in [7, 11) is 0. The van der Waals surface area contributed by atoms with Gasteiger partial charge in [-0.1, -0.05) is 32.9 Å². The predicted octanol–water partition coefficient (Wildman–Crippen LogP) is 5.14. The number of benzene rings is 2. The van der Waals surface area contributed by atoms with Gasteiger partial charge in [-0.2, -0.15) is 0 Å². The molecule has 0 atom stereocenters. The van der Waals surface area contributed by atoms with Crippen LogP contribution >= 0.6 is 28.1 Å². The summed E-state index contributed by atoms with van der Waals surface area (Å²) < 4.78 is 6.45. The molecule has 2 amide bonds. The molecule has 0 aromatic heterocycles. The molecule has 0 heterocycles. The number of thiocarbonyl (C=S) groups is 1. The fraction of sp³-hybridized carbons (Fsp3) is 0.348. The molecule has 2 aromatic rings. The van der Waals surface area contributed by atoms with Gasteiger partial charge >= 0.3 is 0 Å². The number of carbonyl (C=O) groups excluding carboxylic acids is 2. The monoisotopic (exact) mass is 505 g/mol. The quantitative estimate of drug-likeness (QED) is 0.411. The highest BCUT2D eigenvalue weighted by Gasteiger charge is 2.14. The number of anilines is 1. The van der Waals surface area contributed by atoms with E-state index in [0.29, 0.717) is 46.1 Å². The van der Waals surface area contributed by atoms with Crippen molar-refractivity contribution in [1.29, 1.82) is 0 Å². The van der Waals surface area contributed by atoms with E-state index in [4.69, 9.17) is 17.0 Å². The lowest BCUT2D eigenvalue weighted by Crippen LogP contribution is -2.35. The molecule has 8 heteroatoms. The minimum Gasteiger partial charge on any atom is -0.492 e. The maximum atomic E-state index is 12.6. The maximum Gasteiger partial charge on any atom is 0.257 e. The summed E-state index contributed by atoms with van der Waals surface area (Å²) in [5, 5.41) is 8.52. The summed E-state index contributed by atoms with van der Waals surface area (Å²) in [5.41, 5.74) is 1.41. The Morgan fingerprint density at radius 3 is 2.55 bits per heavy atom. The fourth-order valence-corrected chi connectivity index (χ4v) is 3.31. The third kappa shape index (κ3) is 7.95. The summed E-state index contributed by atoms with van der Waals surface area (Å²) >= 11 is 8.73. The minimum absolute atomic E-state index is 0.106. The van der Waals surface area contributed by atoms with Gasteiger partial charge in [-0.15, -0.1) is 0 Å². The Kier molecular flexibility index (Phi) is 9.94. The summed E-state index contributed by atoms with van der Waals surface area (Å²) in [6.45, 7) is 7.46. The van der Waals surface area contributed by atoms with Crippen LogP contribution in [0.4, 0.5) is 5.69 Å². The molecule has 6 nitrogen and oxygen atoms in total. The van der Waals surface area contributed by atoms with Crippen molar-refractivity contribution in [3.05, 3.63) is 58.1 Å². The Bertz CT molecular complexity index is 934. The second kappa shape index (κ2) is 12.4. The molecule has 31 heavy (non-hydrogen) atoms. The second-order valence-corrected chi connectivity index (χ2v) is 8.65. The summed E-state index contributed by atoms with van der Waals surface area (Å²) in [5.74, 6) is 0.681. The smallest absolute Gasteiger partial charge is 0.257 e. The molecule has 3 N–H and O–H groups in total. The molecule has 0 aliphatic rings. The summed E-state index contributed by atoms with van der Waals surface area (Å²) in [6, 6.07) is 12.1. The lowest BCUT2D eigenvalue weighted by Gasteiger charge is -2.14. The Hall–Kier alpha value is -2.45. The van der Waals surface area contributed by atoms with Crippen LogP contribution in [0.1, 0.15) is 54.3 Å². The van der Waals surface area contributed by atoms with Gasteiger partial charge in [-0.25, -0.2) is 0 Å². The zero-order valence-electron chi connectivity index (χ0n) is 18.0. The van der Waals surface area contributed by atoms with Crippen molar-refractivity contribution in [3.8, 4) is 5.75 Å². The van der Waals surface area contributed by atoms with Crippen molar-refractivity contribution in [1.82, 2.24) is 10.6 Å². The average molecular weight is 506 g/mol. The number of hydrogen-bond donors (Lipinski definition) is 3. The van der Waals surface area contributed by atoms with Crippen LogP contribution in [0.25, 0.3) is 0 Å². The van der Waals surface area contributed by atoms with Crippen LogP contribution in [-0.4, -0.2) is 30.1 Å². The highest BCUT2D eigenvalue weighted by atomic mass is 79.9. The van der Waals surface area contributed by atoms with Crippen LogP contribution in [0, 0.1) is 5.92 Å². The number of para-hydroxylation sites is 1. The number of halogens is 1. The third-order valence-electron chi connectivity index (χ3n) is 4.33. The summed E-state index contributed by atoms with van der Waals surface area (Å²) in [4.78, 5) is 24.9. The zero-order chi connectivity index (χ0) is 22.8. The van der Waals surface area contributed by atoms with Crippen molar-refractivity contribution in [2.24, 2.45) is 5.92 Å². The normalized spacial score (nSPS) is 10.5. The molecule has 0 spiro atoms. The molecule has 0 aliphatic carbocycles. The van der Waals surface area contributed by atoms with Crippen LogP contribution < -0.4 is 20.7 Å². The number of nitrogens with one attached hydrogen (secondary N) is 3. The molecule has 2 rings (SSSR count). The Labute approximate surface area is 197 Å². The van der Waals surface area contributed by atoms with Crippen LogP contribution in [-0.2, 0) is 0 Å². The summed E-state index contributed by atoms with van der Waals surface area (Å²) in [6.07, 6.45) is 1.79. The van der Waals surface area contributed by atoms with E-state index in [9.17, 15) is 9.59 Å². The van der Waals surface area contributed by atoms with Crippen molar-refractivity contribution in [2.75, 3.05) is 18.5 Å². The zero-order valence-corrected chi connectivity index (χ0v) is 20.4. The Balaban J connectivity index is 1.99. The molecular formula is C23H28BrN3O3S. The lowest BCUT2D eigenvalue weighted by atomic mass is 10.1. The van der Waals surface area contributed by atoms with Gasteiger partial charge in [0.25, 0.3) is 11.8 Å². The van der Waals surface area contributed by atoms with E-state index in [1.165, 1.54) is 0 Å².